The number of rotatable bonds is 5. The molecular formula is C28H23N3O7. The molecule has 3 amide bonds. The predicted octanol–water partition coefficient (Wildman–Crippen LogP) is 4.28. The van der Waals surface area contributed by atoms with E-state index in [1.54, 1.807) is 11.8 Å². The van der Waals surface area contributed by atoms with Crippen molar-refractivity contribution < 1.29 is 28.8 Å². The highest BCUT2D eigenvalue weighted by molar-refractivity contribution is 6.35. The van der Waals surface area contributed by atoms with Gasteiger partial charge in [0.05, 0.1) is 22.1 Å². The summed E-state index contributed by atoms with van der Waals surface area (Å²) in [6.45, 7) is 5.67. The zero-order valence-electron chi connectivity index (χ0n) is 20.9. The Kier molecular flexibility index (Phi) is 6.02. The third-order valence-electron chi connectivity index (χ3n) is 6.83. The summed E-state index contributed by atoms with van der Waals surface area (Å²) in [5.41, 5.74) is 2.65. The zero-order valence-corrected chi connectivity index (χ0v) is 20.9. The van der Waals surface area contributed by atoms with Gasteiger partial charge in [-0.25, -0.2) is 4.90 Å². The van der Waals surface area contributed by atoms with E-state index in [1.165, 1.54) is 36.4 Å². The van der Waals surface area contributed by atoms with Crippen molar-refractivity contribution in [3.63, 3.8) is 0 Å². The van der Waals surface area contributed by atoms with Crippen LogP contribution in [0, 0.1) is 36.8 Å². The van der Waals surface area contributed by atoms with E-state index in [4.69, 9.17) is 4.74 Å². The number of amides is 3. The van der Waals surface area contributed by atoms with Gasteiger partial charge in [0, 0.05) is 24.7 Å². The van der Waals surface area contributed by atoms with Gasteiger partial charge in [-0.1, -0.05) is 18.2 Å². The van der Waals surface area contributed by atoms with Crippen LogP contribution in [0.5, 0.6) is 5.75 Å². The largest absolute Gasteiger partial charge is 0.426 e. The third-order valence-corrected chi connectivity index (χ3v) is 6.83. The van der Waals surface area contributed by atoms with E-state index in [-0.39, 0.29) is 41.4 Å². The maximum atomic E-state index is 13.0. The van der Waals surface area contributed by atoms with Crippen molar-refractivity contribution in [1.29, 1.82) is 0 Å². The first-order valence-electron chi connectivity index (χ1n) is 11.9. The van der Waals surface area contributed by atoms with Gasteiger partial charge in [0.2, 0.25) is 5.91 Å². The summed E-state index contributed by atoms with van der Waals surface area (Å²) in [5, 5.41) is 11.4. The first kappa shape index (κ1) is 24.8. The van der Waals surface area contributed by atoms with Gasteiger partial charge >= 0.3 is 5.97 Å². The van der Waals surface area contributed by atoms with Crippen LogP contribution in [0.2, 0.25) is 0 Å². The SMILES string of the molecule is Cc1ccc(C)c(N2C[C@H](C(=O)Oc3ccc(N4C(=O)c5cccc([N+](=O)[O-])c5C4=O)c(C)c3)CC2=O)c1. The summed E-state index contributed by atoms with van der Waals surface area (Å²) in [6, 6.07) is 14.1. The minimum Gasteiger partial charge on any atom is -0.426 e. The van der Waals surface area contributed by atoms with Crippen LogP contribution in [0.4, 0.5) is 17.1 Å². The molecule has 5 rings (SSSR count). The molecule has 3 aromatic rings. The van der Waals surface area contributed by atoms with Gasteiger partial charge in [0.25, 0.3) is 17.5 Å². The number of hydrogen-bond donors (Lipinski definition) is 0. The van der Waals surface area contributed by atoms with Crippen molar-refractivity contribution in [2.75, 3.05) is 16.3 Å². The Hall–Kier alpha value is -4.86. The number of esters is 1. The molecular weight excluding hydrogens is 490 g/mol. The number of ether oxygens (including phenoxy) is 1. The molecule has 3 aromatic carbocycles. The molecule has 2 heterocycles. The summed E-state index contributed by atoms with van der Waals surface area (Å²) in [5.74, 6) is -2.64. The number of carbonyl (C=O) groups is 4. The second-order valence-corrected chi connectivity index (χ2v) is 9.47. The molecule has 10 heteroatoms. The fourth-order valence-corrected chi connectivity index (χ4v) is 4.89. The molecule has 2 aliphatic heterocycles. The highest BCUT2D eigenvalue weighted by atomic mass is 16.6. The molecule has 0 saturated carbocycles. The van der Waals surface area contributed by atoms with Crippen LogP contribution >= 0.6 is 0 Å². The second-order valence-electron chi connectivity index (χ2n) is 9.47. The van der Waals surface area contributed by atoms with E-state index in [2.05, 4.69) is 0 Å². The molecule has 1 fully saturated rings. The van der Waals surface area contributed by atoms with Gasteiger partial charge in [-0.3, -0.25) is 29.3 Å². The number of aryl methyl sites for hydroxylation is 3. The van der Waals surface area contributed by atoms with Gasteiger partial charge in [0.15, 0.2) is 0 Å². The Morgan fingerprint density at radius 1 is 0.947 bits per heavy atom. The number of nitro groups is 1. The summed E-state index contributed by atoms with van der Waals surface area (Å²) >= 11 is 0. The molecule has 10 nitrogen and oxygen atoms in total. The molecule has 0 aromatic heterocycles. The molecule has 0 bridgehead atoms. The summed E-state index contributed by atoms with van der Waals surface area (Å²) in [6.07, 6.45) is 0.0249. The van der Waals surface area contributed by atoms with Crippen LogP contribution in [0.25, 0.3) is 0 Å². The lowest BCUT2D eigenvalue weighted by atomic mass is 10.1. The number of nitro benzene ring substituents is 1. The molecule has 38 heavy (non-hydrogen) atoms. The molecule has 2 aliphatic rings. The molecule has 0 radical (unpaired) electrons. The maximum Gasteiger partial charge on any atom is 0.316 e. The Bertz CT molecular complexity index is 1560. The van der Waals surface area contributed by atoms with Crippen LogP contribution in [0.1, 0.15) is 43.8 Å². The van der Waals surface area contributed by atoms with Crippen LogP contribution in [0.15, 0.2) is 54.6 Å². The van der Waals surface area contributed by atoms with Crippen molar-refractivity contribution >= 4 is 40.8 Å². The van der Waals surface area contributed by atoms with Crippen molar-refractivity contribution in [1.82, 2.24) is 0 Å². The smallest absolute Gasteiger partial charge is 0.316 e. The lowest BCUT2D eigenvalue weighted by molar-refractivity contribution is -0.385. The number of carbonyl (C=O) groups excluding carboxylic acids is 4. The second kappa shape index (κ2) is 9.22. The van der Waals surface area contributed by atoms with Gasteiger partial charge in [-0.15, -0.1) is 0 Å². The third kappa shape index (κ3) is 4.09. The van der Waals surface area contributed by atoms with E-state index in [1.807, 2.05) is 32.0 Å². The van der Waals surface area contributed by atoms with Gasteiger partial charge < -0.3 is 9.64 Å². The van der Waals surface area contributed by atoms with E-state index >= 15 is 0 Å². The monoisotopic (exact) mass is 513 g/mol. The van der Waals surface area contributed by atoms with Gasteiger partial charge in [-0.05, 0) is 67.8 Å². The average molecular weight is 514 g/mol. The number of imide groups is 1. The first-order valence-corrected chi connectivity index (χ1v) is 11.9. The summed E-state index contributed by atoms with van der Waals surface area (Å²) in [4.78, 5) is 64.7. The molecule has 0 spiro atoms. The Balaban J connectivity index is 1.33. The fraction of sp³-hybridized carbons (Fsp3) is 0.214. The number of nitrogens with zero attached hydrogens (tertiary/aromatic N) is 3. The molecule has 0 N–H and O–H groups in total. The summed E-state index contributed by atoms with van der Waals surface area (Å²) in [7, 11) is 0. The van der Waals surface area contributed by atoms with Crippen molar-refractivity contribution in [2.45, 2.75) is 27.2 Å². The highest BCUT2D eigenvalue weighted by Gasteiger charge is 2.42. The highest BCUT2D eigenvalue weighted by Crippen LogP contribution is 2.36. The quantitative estimate of drug-likeness (QED) is 0.164. The van der Waals surface area contributed by atoms with Crippen molar-refractivity contribution in [3.8, 4) is 5.75 Å². The average Bonchev–Trinajstić information content (AvgIpc) is 3.38. The Morgan fingerprint density at radius 3 is 2.42 bits per heavy atom. The maximum absolute atomic E-state index is 13.0. The Morgan fingerprint density at radius 2 is 1.71 bits per heavy atom. The van der Waals surface area contributed by atoms with Crippen LogP contribution in [0.3, 0.4) is 0 Å². The first-order chi connectivity index (χ1) is 18.1. The van der Waals surface area contributed by atoms with Gasteiger partial charge in [-0.2, -0.15) is 0 Å². The zero-order chi connectivity index (χ0) is 27.3. The number of anilines is 2. The van der Waals surface area contributed by atoms with Crippen molar-refractivity contribution in [3.05, 3.63) is 92.5 Å². The number of hydrogen-bond acceptors (Lipinski definition) is 7. The predicted molar refractivity (Wildman–Crippen MR) is 137 cm³/mol. The van der Waals surface area contributed by atoms with E-state index < -0.39 is 34.3 Å². The lowest BCUT2D eigenvalue weighted by Crippen LogP contribution is -2.30. The molecule has 0 unspecified atom stereocenters. The lowest BCUT2D eigenvalue weighted by Gasteiger charge is -2.20. The van der Waals surface area contributed by atoms with Crippen molar-refractivity contribution in [2.24, 2.45) is 5.92 Å². The number of benzene rings is 3. The van der Waals surface area contributed by atoms with Crippen LogP contribution < -0.4 is 14.5 Å². The molecule has 192 valence electrons. The minimum atomic E-state index is -0.791. The van der Waals surface area contributed by atoms with Crippen LogP contribution in [-0.2, 0) is 9.59 Å². The van der Waals surface area contributed by atoms with Crippen LogP contribution in [-0.4, -0.2) is 35.2 Å². The number of fused-ring (bicyclic) bond motifs is 1. The molecule has 1 saturated heterocycles. The molecule has 1 atom stereocenters. The Labute approximate surface area is 217 Å². The van der Waals surface area contributed by atoms with Gasteiger partial charge in [0.1, 0.15) is 11.3 Å². The standard InChI is InChI=1S/C28H23N3O7/c1-15-7-8-16(2)23(11-15)29-14-18(13-24(29)32)28(35)38-19-9-10-21(17(3)12-19)30-26(33)20-5-4-6-22(31(36)37)25(20)27(30)34/h4-12,18H,13-14H2,1-3H3/t18-/m1/s1. The molecule has 0 aliphatic carbocycles. The minimum absolute atomic E-state index is 0.0249. The normalized spacial score (nSPS) is 16.7. The fourth-order valence-electron chi connectivity index (χ4n) is 4.89. The van der Waals surface area contributed by atoms with E-state index in [0.29, 0.717) is 5.56 Å². The topological polar surface area (TPSA) is 127 Å². The summed E-state index contributed by atoms with van der Waals surface area (Å²) < 4.78 is 5.55. The van der Waals surface area contributed by atoms with E-state index in [0.717, 1.165) is 21.7 Å². The van der Waals surface area contributed by atoms with E-state index in [9.17, 15) is 29.3 Å².